The van der Waals surface area contributed by atoms with Crippen LogP contribution in [0.2, 0.25) is 0 Å². The summed E-state index contributed by atoms with van der Waals surface area (Å²) in [6.45, 7) is 3.98. The van der Waals surface area contributed by atoms with Crippen LogP contribution in [0.15, 0.2) is 18.2 Å². The van der Waals surface area contributed by atoms with Crippen molar-refractivity contribution in [3.05, 3.63) is 24.0 Å². The minimum atomic E-state index is -0.305. The second-order valence-corrected chi connectivity index (χ2v) is 7.39. The van der Waals surface area contributed by atoms with E-state index >= 15 is 0 Å². The highest BCUT2D eigenvalue weighted by atomic mass is 32.2. The number of rotatable bonds is 3. The third-order valence-corrected chi connectivity index (χ3v) is 5.54. The molecule has 0 aliphatic carbocycles. The van der Waals surface area contributed by atoms with Crippen molar-refractivity contribution in [2.24, 2.45) is 0 Å². The fourth-order valence-electron chi connectivity index (χ4n) is 2.44. The molecule has 0 saturated carbocycles. The molecular formula is C15H16FN3O2S2. The molecule has 23 heavy (non-hydrogen) atoms. The maximum Gasteiger partial charge on any atom is 0.233 e. The molecule has 1 aliphatic rings. The van der Waals surface area contributed by atoms with Gasteiger partial charge in [-0.15, -0.1) is 0 Å². The summed E-state index contributed by atoms with van der Waals surface area (Å²) in [7, 11) is 0. The Hall–Kier alpha value is -1.67. The molecule has 0 N–H and O–H groups in total. The van der Waals surface area contributed by atoms with Gasteiger partial charge < -0.3 is 9.80 Å². The van der Waals surface area contributed by atoms with Crippen LogP contribution in [0, 0.1) is 5.82 Å². The number of benzene rings is 1. The minimum absolute atomic E-state index is 0.0137. The van der Waals surface area contributed by atoms with Crippen LogP contribution in [0.4, 0.5) is 9.52 Å². The summed E-state index contributed by atoms with van der Waals surface area (Å²) in [5.74, 6) is -0.123. The van der Waals surface area contributed by atoms with Crippen molar-refractivity contribution in [1.29, 1.82) is 0 Å². The van der Waals surface area contributed by atoms with Gasteiger partial charge in [-0.2, -0.15) is 0 Å². The number of halogens is 1. The quantitative estimate of drug-likeness (QED) is 0.848. The first kappa shape index (κ1) is 16.2. The van der Waals surface area contributed by atoms with Gasteiger partial charge in [0.1, 0.15) is 11.3 Å². The smallest absolute Gasteiger partial charge is 0.233 e. The highest BCUT2D eigenvalue weighted by Crippen LogP contribution is 2.30. The summed E-state index contributed by atoms with van der Waals surface area (Å²) in [6.07, 6.45) is 0. The Morgan fingerprint density at radius 2 is 2.04 bits per heavy atom. The van der Waals surface area contributed by atoms with E-state index in [-0.39, 0.29) is 22.6 Å². The monoisotopic (exact) mass is 353 g/mol. The molecule has 0 spiro atoms. The van der Waals surface area contributed by atoms with Crippen molar-refractivity contribution < 1.29 is 14.0 Å². The maximum atomic E-state index is 13.7. The molecule has 1 amide bonds. The van der Waals surface area contributed by atoms with Gasteiger partial charge in [-0.3, -0.25) is 9.59 Å². The zero-order valence-electron chi connectivity index (χ0n) is 12.6. The summed E-state index contributed by atoms with van der Waals surface area (Å²) in [4.78, 5) is 31.2. The number of piperazine rings is 1. The van der Waals surface area contributed by atoms with Crippen LogP contribution in [0.1, 0.15) is 6.92 Å². The zero-order valence-corrected chi connectivity index (χ0v) is 14.3. The van der Waals surface area contributed by atoms with Crippen LogP contribution in [0.5, 0.6) is 0 Å². The molecule has 122 valence electrons. The largest absolute Gasteiger partial charge is 0.345 e. The van der Waals surface area contributed by atoms with E-state index in [1.807, 2.05) is 6.07 Å². The maximum absolute atomic E-state index is 13.7. The lowest BCUT2D eigenvalue weighted by atomic mass is 10.3. The zero-order chi connectivity index (χ0) is 16.4. The number of para-hydroxylation sites is 1. The molecule has 5 nitrogen and oxygen atoms in total. The van der Waals surface area contributed by atoms with Gasteiger partial charge in [-0.1, -0.05) is 29.2 Å². The Labute approximate surface area is 141 Å². The Bertz CT molecular complexity index is 741. The topological polar surface area (TPSA) is 53.5 Å². The summed E-state index contributed by atoms with van der Waals surface area (Å²) in [5.41, 5.74) is 0.406. The number of fused-ring (bicyclic) bond motifs is 1. The minimum Gasteiger partial charge on any atom is -0.345 e. The lowest BCUT2D eigenvalue weighted by Crippen LogP contribution is -2.49. The predicted octanol–water partition coefficient (Wildman–Crippen LogP) is 2.36. The number of anilines is 1. The molecule has 0 atom stereocenters. The number of hydrogen-bond donors (Lipinski definition) is 0. The third kappa shape index (κ3) is 3.64. The molecule has 2 heterocycles. The molecule has 8 heteroatoms. The van der Waals surface area contributed by atoms with E-state index in [0.717, 1.165) is 21.6 Å². The summed E-state index contributed by atoms with van der Waals surface area (Å²) >= 11 is 2.50. The van der Waals surface area contributed by atoms with E-state index in [2.05, 4.69) is 9.88 Å². The van der Waals surface area contributed by atoms with E-state index in [1.165, 1.54) is 24.3 Å². The molecule has 1 aromatic heterocycles. The SMILES string of the molecule is CC(=O)SCC(=O)N1CCN(c2nc3c(F)cccc3s2)CC1. The lowest BCUT2D eigenvalue weighted by Gasteiger charge is -2.34. The van der Waals surface area contributed by atoms with Gasteiger partial charge in [0.2, 0.25) is 5.91 Å². The number of hydrogen-bond acceptors (Lipinski definition) is 6. The van der Waals surface area contributed by atoms with E-state index < -0.39 is 0 Å². The van der Waals surface area contributed by atoms with Crippen LogP contribution in [0.3, 0.4) is 0 Å². The van der Waals surface area contributed by atoms with Crippen molar-refractivity contribution in [2.75, 3.05) is 36.8 Å². The van der Waals surface area contributed by atoms with Crippen LogP contribution < -0.4 is 4.90 Å². The highest BCUT2D eigenvalue weighted by molar-refractivity contribution is 8.14. The summed E-state index contributed by atoms with van der Waals surface area (Å²) in [5, 5.41) is 0.740. The first-order valence-electron chi connectivity index (χ1n) is 7.26. The molecule has 1 aliphatic heterocycles. The summed E-state index contributed by atoms with van der Waals surface area (Å²) < 4.78 is 14.6. The molecule has 3 rings (SSSR count). The Morgan fingerprint density at radius 1 is 1.30 bits per heavy atom. The first-order chi connectivity index (χ1) is 11.0. The van der Waals surface area contributed by atoms with Crippen molar-refractivity contribution in [1.82, 2.24) is 9.88 Å². The van der Waals surface area contributed by atoms with Gasteiger partial charge in [0.15, 0.2) is 10.2 Å². The molecule has 1 fully saturated rings. The number of thiazole rings is 1. The highest BCUT2D eigenvalue weighted by Gasteiger charge is 2.23. The third-order valence-electron chi connectivity index (χ3n) is 3.66. The predicted molar refractivity (Wildman–Crippen MR) is 91.5 cm³/mol. The van der Waals surface area contributed by atoms with Crippen molar-refractivity contribution >= 4 is 49.5 Å². The van der Waals surface area contributed by atoms with E-state index in [0.29, 0.717) is 31.7 Å². The van der Waals surface area contributed by atoms with Gasteiger partial charge in [-0.25, -0.2) is 9.37 Å². The number of nitrogens with zero attached hydrogens (tertiary/aromatic N) is 3. The van der Waals surface area contributed by atoms with Crippen LogP contribution in [-0.2, 0) is 9.59 Å². The molecule has 1 aromatic carbocycles. The van der Waals surface area contributed by atoms with E-state index in [4.69, 9.17) is 0 Å². The molecule has 0 unspecified atom stereocenters. The molecular weight excluding hydrogens is 337 g/mol. The number of carbonyl (C=O) groups is 2. The lowest BCUT2D eigenvalue weighted by molar-refractivity contribution is -0.128. The van der Waals surface area contributed by atoms with Crippen LogP contribution >= 0.6 is 23.1 Å². The second-order valence-electron chi connectivity index (χ2n) is 5.23. The number of thioether (sulfide) groups is 1. The Balaban J connectivity index is 1.63. The van der Waals surface area contributed by atoms with Crippen molar-refractivity contribution in [2.45, 2.75) is 6.92 Å². The van der Waals surface area contributed by atoms with Crippen molar-refractivity contribution in [3.63, 3.8) is 0 Å². The van der Waals surface area contributed by atoms with Gasteiger partial charge in [0.25, 0.3) is 0 Å². The van der Waals surface area contributed by atoms with Gasteiger partial charge in [0, 0.05) is 33.1 Å². The molecule has 0 radical (unpaired) electrons. The van der Waals surface area contributed by atoms with Crippen LogP contribution in [0.25, 0.3) is 10.2 Å². The van der Waals surface area contributed by atoms with E-state index in [1.54, 1.807) is 11.0 Å². The fraction of sp³-hybridized carbons (Fsp3) is 0.400. The number of carbonyl (C=O) groups excluding carboxylic acids is 2. The first-order valence-corrected chi connectivity index (χ1v) is 9.06. The average Bonchev–Trinajstić information content (AvgIpc) is 2.98. The fourth-order valence-corrected chi connectivity index (χ4v) is 3.98. The number of aromatic nitrogens is 1. The number of amides is 1. The Kier molecular flexibility index (Phi) is 4.82. The normalized spacial score (nSPS) is 15.2. The van der Waals surface area contributed by atoms with Gasteiger partial charge in [-0.05, 0) is 12.1 Å². The second kappa shape index (κ2) is 6.84. The molecule has 0 bridgehead atoms. The Morgan fingerprint density at radius 3 is 2.70 bits per heavy atom. The standard InChI is InChI=1S/C15H16FN3O2S2/c1-10(20)22-9-13(21)18-5-7-19(8-6-18)15-17-14-11(16)3-2-4-12(14)23-15/h2-4H,5-9H2,1H3. The van der Waals surface area contributed by atoms with Crippen LogP contribution in [-0.4, -0.2) is 52.8 Å². The summed E-state index contributed by atoms with van der Waals surface area (Å²) in [6, 6.07) is 4.95. The van der Waals surface area contributed by atoms with Gasteiger partial charge in [0.05, 0.1) is 10.5 Å². The van der Waals surface area contributed by atoms with Gasteiger partial charge >= 0.3 is 0 Å². The van der Waals surface area contributed by atoms with E-state index in [9.17, 15) is 14.0 Å². The average molecular weight is 353 g/mol. The van der Waals surface area contributed by atoms with Crippen molar-refractivity contribution in [3.8, 4) is 0 Å². The molecule has 2 aromatic rings. The molecule has 1 saturated heterocycles.